The largest absolute Gasteiger partial charge is 0.396 e. The Morgan fingerprint density at radius 3 is 2.89 bits per heavy atom. The lowest BCUT2D eigenvalue weighted by Gasteiger charge is -2.28. The minimum Gasteiger partial charge on any atom is -0.396 e. The molecule has 0 saturated carbocycles. The molecule has 1 saturated heterocycles. The molecule has 2 aliphatic heterocycles. The maximum atomic E-state index is 13.1. The van der Waals surface area contributed by atoms with Gasteiger partial charge in [0.05, 0.1) is 5.57 Å². The van der Waals surface area contributed by atoms with Gasteiger partial charge in [0.25, 0.3) is 5.91 Å². The number of allylic oxidation sites excluding steroid dienone is 4. The van der Waals surface area contributed by atoms with Gasteiger partial charge in [-0.25, -0.2) is 0 Å². The van der Waals surface area contributed by atoms with Gasteiger partial charge in [-0.2, -0.15) is 0 Å². The highest BCUT2D eigenvalue weighted by Crippen LogP contribution is 2.28. The van der Waals surface area contributed by atoms with E-state index in [9.17, 15) is 9.90 Å². The summed E-state index contributed by atoms with van der Waals surface area (Å²) >= 11 is 0. The molecule has 2 heterocycles. The van der Waals surface area contributed by atoms with Crippen LogP contribution in [0.25, 0.3) is 0 Å². The molecule has 27 heavy (non-hydrogen) atoms. The first-order valence-electron chi connectivity index (χ1n) is 10.0. The third kappa shape index (κ3) is 5.44. The zero-order valence-corrected chi connectivity index (χ0v) is 16.2. The van der Waals surface area contributed by atoms with Crippen molar-refractivity contribution in [2.24, 2.45) is 5.92 Å². The number of hydrogen-bond donors (Lipinski definition) is 3. The molecule has 1 aliphatic carbocycles. The SMILES string of the molecule is C[C@@H]1C/C=C/C=C(NC(=O)C2=CC(CO)CC=C2N2CCCC2)\C=C/CN1. The third-order valence-electron chi connectivity index (χ3n) is 5.26. The first-order chi connectivity index (χ1) is 13.2. The number of likely N-dealkylation sites (tertiary alicyclic amines) is 1. The van der Waals surface area contributed by atoms with E-state index < -0.39 is 0 Å². The molecule has 0 aromatic carbocycles. The van der Waals surface area contributed by atoms with E-state index in [0.717, 1.165) is 43.9 Å². The van der Waals surface area contributed by atoms with Crippen LogP contribution in [0, 0.1) is 5.92 Å². The van der Waals surface area contributed by atoms with Crippen molar-refractivity contribution in [1.82, 2.24) is 15.5 Å². The van der Waals surface area contributed by atoms with Crippen molar-refractivity contribution in [3.8, 4) is 0 Å². The number of amides is 1. The third-order valence-corrected chi connectivity index (χ3v) is 5.26. The summed E-state index contributed by atoms with van der Waals surface area (Å²) in [5.74, 6) is -0.0924. The highest BCUT2D eigenvalue weighted by atomic mass is 16.3. The van der Waals surface area contributed by atoms with E-state index in [1.165, 1.54) is 12.8 Å². The lowest BCUT2D eigenvalue weighted by Crippen LogP contribution is -2.32. The average molecular weight is 370 g/mol. The Bertz CT molecular complexity index is 682. The summed E-state index contributed by atoms with van der Waals surface area (Å²) in [7, 11) is 0. The van der Waals surface area contributed by atoms with E-state index in [1.807, 2.05) is 30.4 Å². The molecule has 2 atom stereocenters. The van der Waals surface area contributed by atoms with Crippen molar-refractivity contribution in [2.75, 3.05) is 26.2 Å². The molecule has 0 aromatic heterocycles. The highest BCUT2D eigenvalue weighted by Gasteiger charge is 2.26. The standard InChI is InChI=1S/C22H31N3O2/c1-17-7-2-3-8-19(9-6-12-23-17)24-22(27)20-15-18(16-26)10-11-21(20)25-13-4-5-14-25/h2-3,6,8-9,11,15,17-18,23,26H,4-5,7,10,12-14,16H2,1H3,(H,24,27)/b3-2+,9-6-,19-8+/t17-,18?/m1/s1. The second kappa shape index (κ2) is 9.72. The quantitative estimate of drug-likeness (QED) is 0.712. The molecular formula is C22H31N3O2. The molecule has 0 bridgehead atoms. The lowest BCUT2D eigenvalue weighted by molar-refractivity contribution is -0.116. The van der Waals surface area contributed by atoms with Gasteiger partial charge in [0.2, 0.25) is 0 Å². The maximum absolute atomic E-state index is 13.1. The van der Waals surface area contributed by atoms with Crippen molar-refractivity contribution in [1.29, 1.82) is 0 Å². The molecule has 5 nitrogen and oxygen atoms in total. The van der Waals surface area contributed by atoms with Gasteiger partial charge >= 0.3 is 0 Å². The minimum absolute atomic E-state index is 0.0104. The molecule has 5 heteroatoms. The first-order valence-corrected chi connectivity index (χ1v) is 10.0. The van der Waals surface area contributed by atoms with Crippen LogP contribution >= 0.6 is 0 Å². The van der Waals surface area contributed by atoms with Crippen LogP contribution in [0.5, 0.6) is 0 Å². The van der Waals surface area contributed by atoms with Crippen LogP contribution in [-0.4, -0.2) is 48.2 Å². The Morgan fingerprint density at radius 1 is 1.30 bits per heavy atom. The molecular weight excluding hydrogens is 338 g/mol. The molecule has 3 N–H and O–H groups in total. The van der Waals surface area contributed by atoms with Gasteiger partial charge < -0.3 is 20.6 Å². The van der Waals surface area contributed by atoms with E-state index in [4.69, 9.17) is 0 Å². The minimum atomic E-state index is -0.103. The summed E-state index contributed by atoms with van der Waals surface area (Å²) in [5, 5.41) is 16.0. The summed E-state index contributed by atoms with van der Waals surface area (Å²) in [6.07, 6.45) is 18.1. The van der Waals surface area contributed by atoms with Crippen LogP contribution < -0.4 is 10.6 Å². The van der Waals surface area contributed by atoms with Gasteiger partial charge in [-0.1, -0.05) is 30.4 Å². The van der Waals surface area contributed by atoms with E-state index in [-0.39, 0.29) is 18.4 Å². The summed E-state index contributed by atoms with van der Waals surface area (Å²) in [5.41, 5.74) is 2.48. The second-order valence-corrected chi connectivity index (χ2v) is 7.49. The van der Waals surface area contributed by atoms with Gasteiger partial charge in [0.15, 0.2) is 0 Å². The van der Waals surface area contributed by atoms with Crippen molar-refractivity contribution >= 4 is 5.91 Å². The van der Waals surface area contributed by atoms with Crippen LogP contribution in [0.4, 0.5) is 0 Å². The number of nitrogens with one attached hydrogen (secondary N) is 2. The zero-order chi connectivity index (χ0) is 19.1. The Labute approximate surface area is 162 Å². The Balaban J connectivity index is 1.76. The summed E-state index contributed by atoms with van der Waals surface area (Å²) in [6.45, 7) is 4.99. The number of carbonyl (C=O) groups excluding carboxylic acids is 1. The fourth-order valence-corrected chi connectivity index (χ4v) is 3.67. The topological polar surface area (TPSA) is 64.6 Å². The molecule has 146 valence electrons. The number of hydrogen-bond acceptors (Lipinski definition) is 4. The van der Waals surface area contributed by atoms with Crippen LogP contribution in [0.3, 0.4) is 0 Å². The van der Waals surface area contributed by atoms with Crippen molar-refractivity contribution in [3.63, 3.8) is 0 Å². The average Bonchev–Trinajstić information content (AvgIpc) is 3.22. The molecule has 1 fully saturated rings. The van der Waals surface area contributed by atoms with E-state index in [0.29, 0.717) is 11.6 Å². The van der Waals surface area contributed by atoms with Gasteiger partial charge in [-0.05, 0) is 44.8 Å². The van der Waals surface area contributed by atoms with Crippen LogP contribution in [0.2, 0.25) is 0 Å². The Morgan fingerprint density at radius 2 is 2.11 bits per heavy atom. The van der Waals surface area contributed by atoms with Gasteiger partial charge in [-0.3, -0.25) is 4.79 Å². The molecule has 3 rings (SSSR count). The summed E-state index contributed by atoms with van der Waals surface area (Å²) in [6, 6.07) is 0.436. The molecule has 1 amide bonds. The highest BCUT2D eigenvalue weighted by molar-refractivity contribution is 5.99. The maximum Gasteiger partial charge on any atom is 0.257 e. The molecule has 0 aromatic rings. The van der Waals surface area contributed by atoms with E-state index in [1.54, 1.807) is 0 Å². The molecule has 0 radical (unpaired) electrons. The van der Waals surface area contributed by atoms with Crippen LogP contribution in [0.1, 0.15) is 32.6 Å². The monoisotopic (exact) mass is 369 g/mol. The number of carbonyl (C=O) groups is 1. The van der Waals surface area contributed by atoms with Gasteiger partial charge in [-0.15, -0.1) is 0 Å². The van der Waals surface area contributed by atoms with Crippen molar-refractivity contribution < 1.29 is 9.90 Å². The summed E-state index contributed by atoms with van der Waals surface area (Å²) in [4.78, 5) is 15.3. The predicted molar refractivity (Wildman–Crippen MR) is 109 cm³/mol. The molecule has 3 aliphatic rings. The van der Waals surface area contributed by atoms with Gasteiger partial charge in [0, 0.05) is 49.6 Å². The zero-order valence-electron chi connectivity index (χ0n) is 16.2. The van der Waals surface area contributed by atoms with E-state index in [2.05, 4.69) is 34.6 Å². The fraction of sp³-hybridized carbons (Fsp3) is 0.500. The number of rotatable bonds is 4. The Kier molecular flexibility index (Phi) is 7.07. The second-order valence-electron chi connectivity index (χ2n) is 7.49. The number of nitrogens with zero attached hydrogens (tertiary/aromatic N) is 1. The predicted octanol–water partition coefficient (Wildman–Crippen LogP) is 2.40. The first kappa shape index (κ1) is 19.6. The molecule has 0 spiro atoms. The summed E-state index contributed by atoms with van der Waals surface area (Å²) < 4.78 is 0. The van der Waals surface area contributed by atoms with E-state index >= 15 is 0 Å². The number of aliphatic hydroxyl groups excluding tert-OH is 1. The number of aliphatic hydroxyl groups is 1. The molecule has 1 unspecified atom stereocenters. The lowest BCUT2D eigenvalue weighted by atomic mass is 9.93. The smallest absolute Gasteiger partial charge is 0.257 e. The van der Waals surface area contributed by atoms with Crippen molar-refractivity contribution in [3.05, 3.63) is 59.5 Å². The van der Waals surface area contributed by atoms with Crippen LogP contribution in [0.15, 0.2) is 59.5 Å². The van der Waals surface area contributed by atoms with Crippen LogP contribution in [-0.2, 0) is 4.79 Å². The fourth-order valence-electron chi connectivity index (χ4n) is 3.67. The Hall–Kier alpha value is -2.11. The van der Waals surface area contributed by atoms with Gasteiger partial charge in [0.1, 0.15) is 0 Å². The van der Waals surface area contributed by atoms with Crippen molar-refractivity contribution in [2.45, 2.75) is 38.6 Å². The normalized spacial score (nSPS) is 30.6.